The van der Waals surface area contributed by atoms with E-state index in [1.165, 1.54) is 6.08 Å². The Labute approximate surface area is 150 Å². The van der Waals surface area contributed by atoms with Gasteiger partial charge in [0.05, 0.1) is 4.90 Å². The molecule has 1 amide bonds. The van der Waals surface area contributed by atoms with Gasteiger partial charge in [-0.15, -0.1) is 0 Å². The SMILES string of the molecule is C/C=C/C=C/C(=O)Nc1ccc(S(=O)(=O)N2CC(C)CC(C)C2)cc1. The first-order chi connectivity index (χ1) is 11.8. The van der Waals surface area contributed by atoms with E-state index in [1.54, 1.807) is 40.7 Å². The second-order valence-electron chi connectivity index (χ2n) is 6.67. The van der Waals surface area contributed by atoms with E-state index in [1.807, 2.05) is 13.0 Å². The van der Waals surface area contributed by atoms with Gasteiger partial charge in [-0.25, -0.2) is 8.42 Å². The average Bonchev–Trinajstić information content (AvgIpc) is 2.54. The maximum atomic E-state index is 12.8. The summed E-state index contributed by atoms with van der Waals surface area (Å²) in [6.07, 6.45) is 7.70. The molecule has 2 rings (SSSR count). The van der Waals surface area contributed by atoms with Crippen LogP contribution >= 0.6 is 0 Å². The van der Waals surface area contributed by atoms with Gasteiger partial charge in [0.25, 0.3) is 0 Å². The third-order valence-corrected chi connectivity index (χ3v) is 5.99. The number of piperidine rings is 1. The Hall–Kier alpha value is -1.92. The molecular weight excluding hydrogens is 336 g/mol. The summed E-state index contributed by atoms with van der Waals surface area (Å²) < 4.78 is 27.2. The van der Waals surface area contributed by atoms with Gasteiger partial charge in [0.15, 0.2) is 0 Å². The number of sulfonamides is 1. The fourth-order valence-electron chi connectivity index (χ4n) is 3.10. The summed E-state index contributed by atoms with van der Waals surface area (Å²) in [6, 6.07) is 6.32. The van der Waals surface area contributed by atoms with Gasteiger partial charge in [-0.1, -0.05) is 32.1 Å². The van der Waals surface area contributed by atoms with Crippen molar-refractivity contribution in [3.05, 3.63) is 48.6 Å². The summed E-state index contributed by atoms with van der Waals surface area (Å²) in [6.45, 7) is 7.14. The van der Waals surface area contributed by atoms with Crippen LogP contribution in [0.2, 0.25) is 0 Å². The number of nitrogens with one attached hydrogen (secondary N) is 1. The fourth-order valence-corrected chi connectivity index (χ4v) is 4.78. The summed E-state index contributed by atoms with van der Waals surface area (Å²) in [4.78, 5) is 12.0. The number of hydrogen-bond acceptors (Lipinski definition) is 3. The molecule has 1 aromatic carbocycles. The lowest BCUT2D eigenvalue weighted by Gasteiger charge is -2.34. The number of carbonyl (C=O) groups excluding carboxylic acids is 1. The highest BCUT2D eigenvalue weighted by atomic mass is 32.2. The van der Waals surface area contributed by atoms with Gasteiger partial charge in [-0.3, -0.25) is 4.79 Å². The van der Waals surface area contributed by atoms with Crippen molar-refractivity contribution >= 4 is 21.6 Å². The van der Waals surface area contributed by atoms with Crippen LogP contribution < -0.4 is 5.32 Å². The third kappa shape index (κ3) is 5.28. The van der Waals surface area contributed by atoms with E-state index in [9.17, 15) is 13.2 Å². The molecule has 0 radical (unpaired) electrons. The van der Waals surface area contributed by atoms with Crippen LogP contribution in [-0.2, 0) is 14.8 Å². The number of hydrogen-bond donors (Lipinski definition) is 1. The predicted molar refractivity (Wildman–Crippen MR) is 101 cm³/mol. The molecule has 0 spiro atoms. The van der Waals surface area contributed by atoms with Crippen LogP contribution in [0.1, 0.15) is 27.2 Å². The summed E-state index contributed by atoms with van der Waals surface area (Å²) in [7, 11) is -3.49. The van der Waals surface area contributed by atoms with Gasteiger partial charge < -0.3 is 5.32 Å². The fraction of sp³-hybridized carbons (Fsp3) is 0.421. The molecule has 1 saturated heterocycles. The Morgan fingerprint density at radius 1 is 1.12 bits per heavy atom. The van der Waals surface area contributed by atoms with E-state index < -0.39 is 10.0 Å². The Kier molecular flexibility index (Phi) is 6.56. The molecule has 1 aliphatic rings. The molecular formula is C19H26N2O3S. The first-order valence-corrected chi connectivity index (χ1v) is 9.97. The van der Waals surface area contributed by atoms with Crippen molar-refractivity contribution in [1.29, 1.82) is 0 Å². The summed E-state index contributed by atoms with van der Waals surface area (Å²) >= 11 is 0. The molecule has 2 atom stereocenters. The molecule has 5 nitrogen and oxygen atoms in total. The molecule has 1 fully saturated rings. The number of nitrogens with zero attached hydrogens (tertiary/aromatic N) is 1. The van der Waals surface area contributed by atoms with Crippen LogP contribution in [-0.4, -0.2) is 31.7 Å². The number of carbonyl (C=O) groups is 1. The molecule has 136 valence electrons. The number of anilines is 1. The van der Waals surface area contributed by atoms with E-state index in [-0.39, 0.29) is 10.8 Å². The van der Waals surface area contributed by atoms with Crippen LogP contribution in [0.15, 0.2) is 53.5 Å². The van der Waals surface area contributed by atoms with Crippen LogP contribution in [0.25, 0.3) is 0 Å². The molecule has 0 bridgehead atoms. The zero-order chi connectivity index (χ0) is 18.4. The first-order valence-electron chi connectivity index (χ1n) is 8.53. The minimum absolute atomic E-state index is 0.257. The molecule has 1 aliphatic heterocycles. The van der Waals surface area contributed by atoms with E-state index in [0.29, 0.717) is 30.6 Å². The monoisotopic (exact) mass is 362 g/mol. The summed E-state index contributed by atoms with van der Waals surface area (Å²) in [5.74, 6) is 0.467. The van der Waals surface area contributed by atoms with E-state index in [2.05, 4.69) is 19.2 Å². The highest BCUT2D eigenvalue weighted by Crippen LogP contribution is 2.27. The smallest absolute Gasteiger partial charge is 0.248 e. The van der Waals surface area contributed by atoms with Crippen molar-refractivity contribution in [3.63, 3.8) is 0 Å². The van der Waals surface area contributed by atoms with E-state index >= 15 is 0 Å². The Morgan fingerprint density at radius 2 is 1.72 bits per heavy atom. The zero-order valence-electron chi connectivity index (χ0n) is 15.0. The predicted octanol–water partition coefficient (Wildman–Crippen LogP) is 3.42. The summed E-state index contributed by atoms with van der Waals surface area (Å²) in [5, 5.41) is 2.71. The van der Waals surface area contributed by atoms with Gasteiger partial charge in [-0.05, 0) is 49.4 Å². The Morgan fingerprint density at radius 3 is 2.28 bits per heavy atom. The third-order valence-electron chi connectivity index (χ3n) is 4.15. The number of amides is 1. The molecule has 0 aromatic heterocycles. The van der Waals surface area contributed by atoms with Crippen LogP contribution in [0.5, 0.6) is 0 Å². The van der Waals surface area contributed by atoms with Gasteiger partial charge in [-0.2, -0.15) is 4.31 Å². The number of rotatable bonds is 5. The first kappa shape index (κ1) is 19.4. The molecule has 1 aromatic rings. The maximum absolute atomic E-state index is 12.8. The average molecular weight is 362 g/mol. The van der Waals surface area contributed by atoms with Gasteiger partial charge >= 0.3 is 0 Å². The number of allylic oxidation sites excluding steroid dienone is 3. The molecule has 6 heteroatoms. The van der Waals surface area contributed by atoms with Crippen molar-refractivity contribution in [2.24, 2.45) is 11.8 Å². The van der Waals surface area contributed by atoms with Crippen LogP contribution in [0.4, 0.5) is 5.69 Å². The quantitative estimate of drug-likeness (QED) is 0.645. The molecule has 0 aliphatic carbocycles. The lowest BCUT2D eigenvalue weighted by atomic mass is 9.94. The second kappa shape index (κ2) is 8.45. The minimum Gasteiger partial charge on any atom is -0.323 e. The van der Waals surface area contributed by atoms with Gasteiger partial charge in [0.1, 0.15) is 0 Å². The van der Waals surface area contributed by atoms with Crippen molar-refractivity contribution in [2.45, 2.75) is 32.1 Å². The lowest BCUT2D eigenvalue weighted by molar-refractivity contribution is -0.111. The number of benzene rings is 1. The molecule has 1 N–H and O–H groups in total. The minimum atomic E-state index is -3.49. The van der Waals surface area contributed by atoms with Crippen molar-refractivity contribution in [2.75, 3.05) is 18.4 Å². The van der Waals surface area contributed by atoms with Gasteiger partial charge in [0.2, 0.25) is 15.9 Å². The van der Waals surface area contributed by atoms with E-state index in [4.69, 9.17) is 0 Å². The zero-order valence-corrected chi connectivity index (χ0v) is 15.8. The molecule has 0 saturated carbocycles. The topological polar surface area (TPSA) is 66.5 Å². The normalized spacial score (nSPS) is 22.5. The Balaban J connectivity index is 2.09. The largest absolute Gasteiger partial charge is 0.323 e. The van der Waals surface area contributed by atoms with Crippen LogP contribution in [0.3, 0.4) is 0 Å². The van der Waals surface area contributed by atoms with Gasteiger partial charge in [0, 0.05) is 24.9 Å². The maximum Gasteiger partial charge on any atom is 0.248 e. The highest BCUT2D eigenvalue weighted by molar-refractivity contribution is 7.89. The van der Waals surface area contributed by atoms with Crippen molar-refractivity contribution < 1.29 is 13.2 Å². The van der Waals surface area contributed by atoms with E-state index in [0.717, 1.165) is 6.42 Å². The highest BCUT2D eigenvalue weighted by Gasteiger charge is 2.31. The summed E-state index contributed by atoms with van der Waals surface area (Å²) in [5.41, 5.74) is 0.564. The molecule has 25 heavy (non-hydrogen) atoms. The molecule has 2 unspecified atom stereocenters. The van der Waals surface area contributed by atoms with Crippen molar-refractivity contribution in [1.82, 2.24) is 4.31 Å². The second-order valence-corrected chi connectivity index (χ2v) is 8.60. The van der Waals surface area contributed by atoms with Crippen molar-refractivity contribution in [3.8, 4) is 0 Å². The molecule has 1 heterocycles. The Bertz CT molecular complexity index is 741. The standard InChI is InChI=1S/C19H26N2O3S/c1-4-5-6-7-19(22)20-17-8-10-18(11-9-17)25(23,24)21-13-15(2)12-16(3)14-21/h4-11,15-16H,12-14H2,1-3H3,(H,20,22)/b5-4+,7-6+. The van der Waals surface area contributed by atoms with Crippen LogP contribution in [0, 0.1) is 11.8 Å². The lowest BCUT2D eigenvalue weighted by Crippen LogP contribution is -2.42.